The Bertz CT molecular complexity index is 607. The summed E-state index contributed by atoms with van der Waals surface area (Å²) in [7, 11) is 0. The highest BCUT2D eigenvalue weighted by molar-refractivity contribution is 5.92. The van der Waals surface area contributed by atoms with E-state index in [4.69, 9.17) is 5.26 Å². The van der Waals surface area contributed by atoms with Gasteiger partial charge in [-0.2, -0.15) is 0 Å². The number of aromatic carboxylic acids is 1. The van der Waals surface area contributed by atoms with E-state index >= 15 is 0 Å². The topological polar surface area (TPSA) is 87.0 Å². The van der Waals surface area contributed by atoms with E-state index < -0.39 is 5.97 Å². The van der Waals surface area contributed by atoms with Crippen LogP contribution in [0, 0.1) is 0 Å². The number of benzene rings is 1. The van der Waals surface area contributed by atoms with E-state index in [0.717, 1.165) is 51.4 Å². The third kappa shape index (κ3) is 9.40. The molecule has 27 heavy (non-hydrogen) atoms. The number of carbonyl (C=O) groups is 1. The maximum Gasteiger partial charge on any atom is 0.339 e. The van der Waals surface area contributed by atoms with Gasteiger partial charge in [0.2, 0.25) is 0 Å². The number of aryl methyl sites for hydroxylation is 1. The van der Waals surface area contributed by atoms with Gasteiger partial charge in [-0.3, -0.25) is 5.26 Å². The number of phenols is 1. The molecule has 0 fully saturated rings. The van der Waals surface area contributed by atoms with Gasteiger partial charge in [-0.25, -0.2) is 9.68 Å². The van der Waals surface area contributed by atoms with Gasteiger partial charge in [-0.05, 0) is 43.7 Å². The van der Waals surface area contributed by atoms with Crippen LogP contribution in [0.5, 0.6) is 5.75 Å². The lowest BCUT2D eigenvalue weighted by Gasteiger charge is -2.07. The lowest BCUT2D eigenvalue weighted by Crippen LogP contribution is -2.05. The lowest BCUT2D eigenvalue weighted by atomic mass is 9.99. The van der Waals surface area contributed by atoms with E-state index in [1.807, 2.05) is 25.2 Å². The second kappa shape index (κ2) is 14.0. The molecule has 0 saturated carbocycles. The van der Waals surface area contributed by atoms with E-state index in [1.165, 1.54) is 6.07 Å². The van der Waals surface area contributed by atoms with Crippen LogP contribution >= 0.6 is 0 Å². The van der Waals surface area contributed by atoms with E-state index in [2.05, 4.69) is 11.0 Å². The van der Waals surface area contributed by atoms with Crippen molar-refractivity contribution < 1.29 is 25.2 Å². The molecule has 5 heteroatoms. The molecule has 3 N–H and O–H groups in total. The lowest BCUT2D eigenvalue weighted by molar-refractivity contribution is -0.266. The minimum atomic E-state index is -1.07. The van der Waals surface area contributed by atoms with Crippen molar-refractivity contribution in [1.82, 2.24) is 0 Å². The third-order valence-electron chi connectivity index (χ3n) is 4.44. The highest BCUT2D eigenvalue weighted by Crippen LogP contribution is 2.23. The Morgan fingerprint density at radius 1 is 1.15 bits per heavy atom. The van der Waals surface area contributed by atoms with Gasteiger partial charge in [-0.1, -0.05) is 69.0 Å². The fourth-order valence-electron chi connectivity index (χ4n) is 2.98. The van der Waals surface area contributed by atoms with E-state index in [9.17, 15) is 15.0 Å². The van der Waals surface area contributed by atoms with Crippen molar-refractivity contribution in [1.29, 1.82) is 0 Å². The molecule has 0 spiro atoms. The van der Waals surface area contributed by atoms with Crippen LogP contribution in [-0.2, 0) is 11.3 Å². The number of unbranched alkanes of at least 4 members (excludes halogenated alkanes) is 5. The Balaban J connectivity index is 2.15. The van der Waals surface area contributed by atoms with Crippen LogP contribution in [0.15, 0.2) is 42.5 Å². The van der Waals surface area contributed by atoms with Crippen molar-refractivity contribution in [3.05, 3.63) is 53.6 Å². The second-order valence-corrected chi connectivity index (χ2v) is 6.67. The first-order valence-corrected chi connectivity index (χ1v) is 9.77. The number of rotatable bonds is 14. The number of carboxylic acids is 1. The summed E-state index contributed by atoms with van der Waals surface area (Å²) in [5.74, 6) is -1.23. The Morgan fingerprint density at radius 3 is 2.59 bits per heavy atom. The smallest absolute Gasteiger partial charge is 0.339 e. The van der Waals surface area contributed by atoms with Gasteiger partial charge >= 0.3 is 5.97 Å². The number of allylic oxidation sites excluding steroid dienone is 3. The molecule has 0 aliphatic heterocycles. The zero-order valence-corrected chi connectivity index (χ0v) is 16.1. The van der Waals surface area contributed by atoms with Crippen LogP contribution in [0.2, 0.25) is 0 Å². The van der Waals surface area contributed by atoms with Gasteiger partial charge < -0.3 is 10.2 Å². The number of carboxylic acid groups (broad SMARTS) is 1. The van der Waals surface area contributed by atoms with Crippen LogP contribution < -0.4 is 0 Å². The Morgan fingerprint density at radius 2 is 1.89 bits per heavy atom. The van der Waals surface area contributed by atoms with Gasteiger partial charge in [0, 0.05) is 0 Å². The number of aromatic hydroxyl groups is 1. The molecular formula is C22H32O5. The van der Waals surface area contributed by atoms with Crippen LogP contribution in [0.4, 0.5) is 0 Å². The van der Waals surface area contributed by atoms with Gasteiger partial charge in [-0.15, -0.1) is 0 Å². The van der Waals surface area contributed by atoms with Gasteiger partial charge in [0.15, 0.2) is 0 Å². The van der Waals surface area contributed by atoms with E-state index in [1.54, 1.807) is 12.1 Å². The average molecular weight is 376 g/mol. The van der Waals surface area contributed by atoms with Gasteiger partial charge in [0.05, 0.1) is 0 Å². The molecule has 0 aliphatic rings. The summed E-state index contributed by atoms with van der Waals surface area (Å²) in [6.45, 7) is 2.05. The largest absolute Gasteiger partial charge is 0.507 e. The quantitative estimate of drug-likeness (QED) is 0.167. The summed E-state index contributed by atoms with van der Waals surface area (Å²) in [6.07, 6.45) is 16.4. The first-order valence-electron chi connectivity index (χ1n) is 9.77. The molecule has 0 aliphatic carbocycles. The summed E-state index contributed by atoms with van der Waals surface area (Å²) >= 11 is 0. The Hall–Kier alpha value is -2.11. The first kappa shape index (κ1) is 22.9. The molecular weight excluding hydrogens is 344 g/mol. The fraction of sp³-hybridized carbons (Fsp3) is 0.500. The van der Waals surface area contributed by atoms with Crippen molar-refractivity contribution in [2.75, 3.05) is 0 Å². The van der Waals surface area contributed by atoms with Gasteiger partial charge in [0.1, 0.15) is 17.4 Å². The monoisotopic (exact) mass is 376 g/mol. The molecule has 1 aromatic carbocycles. The van der Waals surface area contributed by atoms with E-state index in [0.29, 0.717) is 12.0 Å². The molecule has 1 rings (SSSR count). The molecule has 0 saturated heterocycles. The van der Waals surface area contributed by atoms with Crippen molar-refractivity contribution in [2.24, 2.45) is 0 Å². The number of hydrogen-bond acceptors (Lipinski definition) is 4. The SMILES string of the molecule is CCCC(/C=C/C=C\CCCCCCCc1cccc(O)c1C(=O)O)OO. The first-order chi connectivity index (χ1) is 13.1. The average Bonchev–Trinajstić information content (AvgIpc) is 2.64. The highest BCUT2D eigenvalue weighted by Gasteiger charge is 2.14. The summed E-state index contributed by atoms with van der Waals surface area (Å²) in [4.78, 5) is 15.6. The van der Waals surface area contributed by atoms with Crippen LogP contribution in [-0.4, -0.2) is 27.5 Å². The van der Waals surface area contributed by atoms with Crippen molar-refractivity contribution in [3.63, 3.8) is 0 Å². The minimum Gasteiger partial charge on any atom is -0.507 e. The summed E-state index contributed by atoms with van der Waals surface area (Å²) in [5.41, 5.74) is 0.730. The summed E-state index contributed by atoms with van der Waals surface area (Å²) in [6, 6.07) is 4.87. The molecule has 0 bridgehead atoms. The highest BCUT2D eigenvalue weighted by atomic mass is 17.1. The van der Waals surface area contributed by atoms with Crippen molar-refractivity contribution >= 4 is 5.97 Å². The van der Waals surface area contributed by atoms with E-state index in [-0.39, 0.29) is 17.4 Å². The normalized spacial score (nSPS) is 12.8. The second-order valence-electron chi connectivity index (χ2n) is 6.67. The molecule has 0 heterocycles. The van der Waals surface area contributed by atoms with Crippen LogP contribution in [0.3, 0.4) is 0 Å². The summed E-state index contributed by atoms with van der Waals surface area (Å²) < 4.78 is 0. The maximum absolute atomic E-state index is 11.2. The van der Waals surface area contributed by atoms with Crippen molar-refractivity contribution in [2.45, 2.75) is 70.8 Å². The fourth-order valence-corrected chi connectivity index (χ4v) is 2.98. The Labute approximate surface area is 161 Å². The molecule has 0 amide bonds. The van der Waals surface area contributed by atoms with Crippen molar-refractivity contribution in [3.8, 4) is 5.75 Å². The molecule has 1 unspecified atom stereocenters. The molecule has 5 nitrogen and oxygen atoms in total. The predicted octanol–water partition coefficient (Wildman–Crippen LogP) is 5.74. The molecule has 1 atom stereocenters. The van der Waals surface area contributed by atoms with Gasteiger partial charge in [0.25, 0.3) is 0 Å². The standard InChI is InChI=1S/C22H32O5/c1-2-13-19(27-26)16-11-9-7-5-3-4-6-8-10-14-18-15-12-17-20(23)21(18)22(24)25/h7,9,11-12,15-17,19,23,26H,2-6,8,10,13-14H2,1H3,(H,24,25)/b9-7-,16-11+. The predicted molar refractivity (Wildman–Crippen MR) is 107 cm³/mol. The minimum absolute atomic E-state index is 0.0310. The number of hydrogen-bond donors (Lipinski definition) is 3. The molecule has 0 radical (unpaired) electrons. The van der Waals surface area contributed by atoms with Crippen LogP contribution in [0.1, 0.15) is 74.2 Å². The molecule has 150 valence electrons. The third-order valence-corrected chi connectivity index (χ3v) is 4.44. The molecule has 0 aromatic heterocycles. The zero-order chi connectivity index (χ0) is 19.9. The molecule has 1 aromatic rings. The maximum atomic E-state index is 11.2. The Kier molecular flexibility index (Phi) is 11.9. The van der Waals surface area contributed by atoms with Crippen LogP contribution in [0.25, 0.3) is 0 Å². The summed E-state index contributed by atoms with van der Waals surface area (Å²) in [5, 5.41) is 27.6. The zero-order valence-electron chi connectivity index (χ0n) is 16.1.